The highest BCUT2D eigenvalue weighted by molar-refractivity contribution is 7.16. The molecule has 0 spiro atoms. The molecule has 0 aliphatic heterocycles. The largest absolute Gasteiger partial charge is 0.245 e. The molecular formula is C15H13NS. The summed E-state index contributed by atoms with van der Waals surface area (Å²) in [5, 5.41) is 0. The van der Waals surface area contributed by atoms with Crippen LogP contribution in [0.25, 0.3) is 21.3 Å². The average molecular weight is 239 g/mol. The summed E-state index contributed by atoms with van der Waals surface area (Å²) in [7, 11) is 0. The molecule has 0 N–H and O–H groups in total. The van der Waals surface area contributed by atoms with Crippen LogP contribution in [0.5, 0.6) is 0 Å². The van der Waals surface area contributed by atoms with E-state index in [1.807, 2.05) is 5.51 Å². The Morgan fingerprint density at radius 1 is 0.882 bits per heavy atom. The molecule has 0 aliphatic carbocycles. The van der Waals surface area contributed by atoms with Gasteiger partial charge in [-0.15, -0.1) is 11.3 Å². The molecule has 0 aliphatic rings. The third-order valence-corrected chi connectivity index (χ3v) is 3.68. The van der Waals surface area contributed by atoms with Gasteiger partial charge in [0.2, 0.25) is 0 Å². The van der Waals surface area contributed by atoms with Gasteiger partial charge in [0.15, 0.2) is 0 Å². The molecule has 1 heterocycles. The van der Waals surface area contributed by atoms with Crippen LogP contribution in [0.2, 0.25) is 0 Å². The van der Waals surface area contributed by atoms with E-state index < -0.39 is 0 Å². The number of hydrogen-bond acceptors (Lipinski definition) is 2. The fourth-order valence-corrected chi connectivity index (χ4v) is 2.89. The summed E-state index contributed by atoms with van der Waals surface area (Å²) in [5.74, 6) is 0. The number of aryl methyl sites for hydroxylation is 2. The van der Waals surface area contributed by atoms with E-state index in [1.54, 1.807) is 11.3 Å². The van der Waals surface area contributed by atoms with Gasteiger partial charge in [-0.25, -0.2) is 4.98 Å². The lowest BCUT2D eigenvalue weighted by Gasteiger charge is -2.05. The lowest BCUT2D eigenvalue weighted by atomic mass is 10.0. The first kappa shape index (κ1) is 10.5. The normalized spacial score (nSPS) is 10.9. The minimum Gasteiger partial charge on any atom is -0.245 e. The van der Waals surface area contributed by atoms with Crippen molar-refractivity contribution in [1.82, 2.24) is 4.98 Å². The van der Waals surface area contributed by atoms with Gasteiger partial charge in [-0.2, -0.15) is 0 Å². The minimum atomic E-state index is 1.09. The molecule has 1 aromatic heterocycles. The van der Waals surface area contributed by atoms with E-state index in [1.165, 1.54) is 27.0 Å². The zero-order valence-electron chi connectivity index (χ0n) is 9.90. The smallest absolute Gasteiger partial charge is 0.0812 e. The summed E-state index contributed by atoms with van der Waals surface area (Å²) < 4.78 is 1.25. The number of nitrogens with zero attached hydrogens (tertiary/aromatic N) is 1. The van der Waals surface area contributed by atoms with Gasteiger partial charge in [0, 0.05) is 0 Å². The number of rotatable bonds is 1. The van der Waals surface area contributed by atoms with Crippen molar-refractivity contribution >= 4 is 21.6 Å². The van der Waals surface area contributed by atoms with Crippen LogP contribution in [0.3, 0.4) is 0 Å². The molecule has 17 heavy (non-hydrogen) atoms. The van der Waals surface area contributed by atoms with Gasteiger partial charge in [0.1, 0.15) is 0 Å². The van der Waals surface area contributed by atoms with E-state index in [2.05, 4.69) is 55.2 Å². The molecule has 84 valence electrons. The fourth-order valence-electron chi connectivity index (χ4n) is 2.18. The summed E-state index contributed by atoms with van der Waals surface area (Å²) in [6, 6.07) is 13.1. The molecule has 3 rings (SSSR count). The van der Waals surface area contributed by atoms with Gasteiger partial charge in [0.05, 0.1) is 15.7 Å². The van der Waals surface area contributed by atoms with Crippen LogP contribution in [0, 0.1) is 13.8 Å². The van der Waals surface area contributed by atoms with Crippen molar-refractivity contribution in [3.63, 3.8) is 0 Å². The number of benzene rings is 2. The van der Waals surface area contributed by atoms with Crippen molar-refractivity contribution in [2.24, 2.45) is 0 Å². The highest BCUT2D eigenvalue weighted by Crippen LogP contribution is 2.27. The first-order valence-corrected chi connectivity index (χ1v) is 6.52. The van der Waals surface area contributed by atoms with E-state index in [4.69, 9.17) is 0 Å². The fraction of sp³-hybridized carbons (Fsp3) is 0.133. The SMILES string of the molecule is Cc1cc(C)cc(-c2ccc3ncsc3c2)c1. The van der Waals surface area contributed by atoms with E-state index in [0.29, 0.717) is 0 Å². The molecule has 0 unspecified atom stereocenters. The number of thiazole rings is 1. The van der Waals surface area contributed by atoms with E-state index in [0.717, 1.165) is 5.52 Å². The van der Waals surface area contributed by atoms with Crippen LogP contribution in [0.1, 0.15) is 11.1 Å². The first-order valence-electron chi connectivity index (χ1n) is 5.64. The van der Waals surface area contributed by atoms with Crippen molar-refractivity contribution in [2.45, 2.75) is 13.8 Å². The lowest BCUT2D eigenvalue weighted by Crippen LogP contribution is -1.82. The maximum Gasteiger partial charge on any atom is 0.0812 e. The third-order valence-electron chi connectivity index (χ3n) is 2.89. The first-order chi connectivity index (χ1) is 8.22. The van der Waals surface area contributed by atoms with Crippen LogP contribution in [0.4, 0.5) is 0 Å². The quantitative estimate of drug-likeness (QED) is 0.605. The molecule has 2 aromatic carbocycles. The molecule has 0 fully saturated rings. The number of hydrogen-bond donors (Lipinski definition) is 0. The zero-order chi connectivity index (χ0) is 11.8. The van der Waals surface area contributed by atoms with Crippen LogP contribution < -0.4 is 0 Å². The van der Waals surface area contributed by atoms with Gasteiger partial charge in [-0.05, 0) is 37.1 Å². The van der Waals surface area contributed by atoms with Crippen molar-refractivity contribution in [3.05, 3.63) is 53.0 Å². The lowest BCUT2D eigenvalue weighted by molar-refractivity contribution is 1.38. The zero-order valence-corrected chi connectivity index (χ0v) is 10.7. The Kier molecular flexibility index (Phi) is 2.45. The molecule has 1 nitrogen and oxygen atoms in total. The second-order valence-electron chi connectivity index (χ2n) is 4.41. The standard InChI is InChI=1S/C15H13NS/c1-10-5-11(2)7-13(6-10)12-3-4-14-15(8-12)17-9-16-14/h3-9H,1-2H3. The summed E-state index contributed by atoms with van der Waals surface area (Å²) in [6.07, 6.45) is 0. The van der Waals surface area contributed by atoms with Crippen LogP contribution in [-0.4, -0.2) is 4.98 Å². The molecule has 0 saturated carbocycles. The summed E-state index contributed by atoms with van der Waals surface area (Å²) in [4.78, 5) is 4.31. The molecule has 0 radical (unpaired) electrons. The number of aromatic nitrogens is 1. The molecule has 0 saturated heterocycles. The predicted molar refractivity (Wildman–Crippen MR) is 74.5 cm³/mol. The van der Waals surface area contributed by atoms with Crippen LogP contribution in [0.15, 0.2) is 41.9 Å². The number of fused-ring (bicyclic) bond motifs is 1. The van der Waals surface area contributed by atoms with Gasteiger partial charge in [-0.3, -0.25) is 0 Å². The topological polar surface area (TPSA) is 12.9 Å². The Bertz CT molecular complexity index is 662. The maximum atomic E-state index is 4.31. The Labute approximate surface area is 105 Å². The molecule has 0 atom stereocenters. The average Bonchev–Trinajstić information content (AvgIpc) is 2.74. The third kappa shape index (κ3) is 1.96. The Hall–Kier alpha value is -1.67. The van der Waals surface area contributed by atoms with Crippen LogP contribution >= 0.6 is 11.3 Å². The van der Waals surface area contributed by atoms with Gasteiger partial charge in [0.25, 0.3) is 0 Å². The Morgan fingerprint density at radius 2 is 1.65 bits per heavy atom. The summed E-state index contributed by atoms with van der Waals surface area (Å²) in [5.41, 5.74) is 8.17. The second-order valence-corrected chi connectivity index (χ2v) is 5.30. The monoisotopic (exact) mass is 239 g/mol. The van der Waals surface area contributed by atoms with Gasteiger partial charge >= 0.3 is 0 Å². The van der Waals surface area contributed by atoms with Gasteiger partial charge < -0.3 is 0 Å². The molecule has 0 bridgehead atoms. The van der Waals surface area contributed by atoms with Crippen molar-refractivity contribution in [2.75, 3.05) is 0 Å². The Balaban J connectivity index is 2.19. The molecular weight excluding hydrogens is 226 g/mol. The highest BCUT2D eigenvalue weighted by atomic mass is 32.1. The van der Waals surface area contributed by atoms with E-state index in [9.17, 15) is 0 Å². The van der Waals surface area contributed by atoms with Crippen molar-refractivity contribution in [1.29, 1.82) is 0 Å². The van der Waals surface area contributed by atoms with Crippen molar-refractivity contribution < 1.29 is 0 Å². The van der Waals surface area contributed by atoms with Crippen LogP contribution in [-0.2, 0) is 0 Å². The highest BCUT2D eigenvalue weighted by Gasteiger charge is 2.02. The predicted octanol–water partition coefficient (Wildman–Crippen LogP) is 4.58. The minimum absolute atomic E-state index is 1.09. The molecule has 3 aromatic rings. The summed E-state index contributed by atoms with van der Waals surface area (Å²) >= 11 is 1.69. The molecule has 2 heteroatoms. The molecule has 0 amide bonds. The van der Waals surface area contributed by atoms with E-state index >= 15 is 0 Å². The van der Waals surface area contributed by atoms with E-state index in [-0.39, 0.29) is 0 Å². The maximum absolute atomic E-state index is 4.31. The summed E-state index contributed by atoms with van der Waals surface area (Å²) in [6.45, 7) is 4.28. The van der Waals surface area contributed by atoms with Gasteiger partial charge in [-0.1, -0.05) is 35.4 Å². The Morgan fingerprint density at radius 3 is 2.41 bits per heavy atom. The van der Waals surface area contributed by atoms with Crippen molar-refractivity contribution in [3.8, 4) is 11.1 Å². The second kappa shape index (κ2) is 3.97.